The van der Waals surface area contributed by atoms with Crippen LogP contribution in [-0.4, -0.2) is 37.0 Å². The van der Waals surface area contributed by atoms with E-state index in [4.69, 9.17) is 0 Å². The van der Waals surface area contributed by atoms with E-state index in [9.17, 15) is 4.79 Å². The predicted molar refractivity (Wildman–Crippen MR) is 93.4 cm³/mol. The number of halogens is 1. The van der Waals surface area contributed by atoms with Crippen molar-refractivity contribution in [2.45, 2.75) is 6.92 Å². The predicted octanol–water partition coefficient (Wildman–Crippen LogP) is 3.72. The Balaban J connectivity index is 1.67. The highest BCUT2D eigenvalue weighted by Gasteiger charge is 2.23. The molecule has 2 aromatic carbocycles. The maximum atomic E-state index is 12.6. The molecule has 0 spiro atoms. The molecule has 1 heterocycles. The van der Waals surface area contributed by atoms with Crippen molar-refractivity contribution >= 4 is 27.5 Å². The van der Waals surface area contributed by atoms with E-state index in [1.165, 1.54) is 5.69 Å². The number of piperazine rings is 1. The smallest absolute Gasteiger partial charge is 0.253 e. The Bertz CT molecular complexity index is 678. The van der Waals surface area contributed by atoms with E-state index >= 15 is 0 Å². The van der Waals surface area contributed by atoms with Gasteiger partial charge in [-0.2, -0.15) is 0 Å². The molecular formula is C18H19BrN2O. The van der Waals surface area contributed by atoms with Crippen LogP contribution >= 0.6 is 15.9 Å². The van der Waals surface area contributed by atoms with Crippen LogP contribution in [0.2, 0.25) is 0 Å². The molecule has 3 nitrogen and oxygen atoms in total. The number of benzene rings is 2. The number of carbonyl (C=O) groups is 1. The van der Waals surface area contributed by atoms with Crippen LogP contribution in [0, 0.1) is 6.92 Å². The third-order valence-electron chi connectivity index (χ3n) is 4.03. The van der Waals surface area contributed by atoms with Crippen molar-refractivity contribution in [1.29, 1.82) is 0 Å². The minimum absolute atomic E-state index is 0.135. The number of hydrogen-bond acceptors (Lipinski definition) is 2. The lowest BCUT2D eigenvalue weighted by atomic mass is 10.1. The summed E-state index contributed by atoms with van der Waals surface area (Å²) in [5.74, 6) is 0.135. The van der Waals surface area contributed by atoms with Crippen molar-refractivity contribution < 1.29 is 4.79 Å². The number of amides is 1. The molecule has 3 rings (SSSR count). The second kappa shape index (κ2) is 6.53. The summed E-state index contributed by atoms with van der Waals surface area (Å²) in [5, 5.41) is 0. The fourth-order valence-corrected chi connectivity index (χ4v) is 3.35. The van der Waals surface area contributed by atoms with Crippen LogP contribution < -0.4 is 4.90 Å². The Kier molecular flexibility index (Phi) is 4.48. The molecule has 0 atom stereocenters. The number of anilines is 1. The molecule has 1 amide bonds. The Labute approximate surface area is 139 Å². The summed E-state index contributed by atoms with van der Waals surface area (Å²) in [6.07, 6.45) is 0. The molecule has 22 heavy (non-hydrogen) atoms. The first-order valence-electron chi connectivity index (χ1n) is 7.50. The molecule has 4 heteroatoms. The van der Waals surface area contributed by atoms with Gasteiger partial charge in [0.25, 0.3) is 5.91 Å². The topological polar surface area (TPSA) is 23.6 Å². The Morgan fingerprint density at radius 1 is 1.00 bits per heavy atom. The highest BCUT2D eigenvalue weighted by molar-refractivity contribution is 9.10. The molecule has 0 bridgehead atoms. The summed E-state index contributed by atoms with van der Waals surface area (Å²) in [6, 6.07) is 16.1. The molecule has 1 fully saturated rings. The molecule has 1 aliphatic rings. The molecule has 114 valence electrons. The molecule has 0 unspecified atom stereocenters. The van der Waals surface area contributed by atoms with Crippen LogP contribution in [0.25, 0.3) is 0 Å². The van der Waals surface area contributed by atoms with Crippen molar-refractivity contribution in [3.05, 3.63) is 64.1 Å². The van der Waals surface area contributed by atoms with Crippen molar-refractivity contribution in [3.63, 3.8) is 0 Å². The highest BCUT2D eigenvalue weighted by atomic mass is 79.9. The van der Waals surface area contributed by atoms with Crippen molar-refractivity contribution in [2.75, 3.05) is 31.1 Å². The van der Waals surface area contributed by atoms with Gasteiger partial charge >= 0.3 is 0 Å². The fraction of sp³-hybridized carbons (Fsp3) is 0.278. The van der Waals surface area contributed by atoms with Crippen molar-refractivity contribution in [1.82, 2.24) is 4.90 Å². The van der Waals surface area contributed by atoms with Gasteiger partial charge in [-0.1, -0.05) is 29.8 Å². The molecule has 2 aromatic rings. The molecule has 1 saturated heterocycles. The zero-order chi connectivity index (χ0) is 15.5. The minimum atomic E-state index is 0.135. The van der Waals surface area contributed by atoms with E-state index < -0.39 is 0 Å². The second-order valence-corrected chi connectivity index (χ2v) is 6.45. The summed E-state index contributed by atoms with van der Waals surface area (Å²) in [7, 11) is 0. The van der Waals surface area contributed by atoms with Gasteiger partial charge in [0.1, 0.15) is 0 Å². The van der Waals surface area contributed by atoms with Crippen LogP contribution in [0.3, 0.4) is 0 Å². The van der Waals surface area contributed by atoms with Gasteiger partial charge in [-0.3, -0.25) is 4.79 Å². The first-order valence-corrected chi connectivity index (χ1v) is 8.30. The number of aryl methyl sites for hydroxylation is 1. The average molecular weight is 359 g/mol. The Morgan fingerprint density at radius 3 is 2.41 bits per heavy atom. The lowest BCUT2D eigenvalue weighted by Crippen LogP contribution is -2.48. The van der Waals surface area contributed by atoms with Crippen LogP contribution in [-0.2, 0) is 0 Å². The summed E-state index contributed by atoms with van der Waals surface area (Å²) in [5.41, 5.74) is 3.11. The van der Waals surface area contributed by atoms with Crippen LogP contribution in [0.5, 0.6) is 0 Å². The van der Waals surface area contributed by atoms with Gasteiger partial charge in [0.05, 0.1) is 5.69 Å². The summed E-state index contributed by atoms with van der Waals surface area (Å²) in [4.78, 5) is 16.8. The maximum absolute atomic E-state index is 12.6. The quantitative estimate of drug-likeness (QED) is 0.816. The molecular weight excluding hydrogens is 340 g/mol. The van der Waals surface area contributed by atoms with Crippen LogP contribution in [0.1, 0.15) is 15.9 Å². The van der Waals surface area contributed by atoms with Crippen LogP contribution in [0.4, 0.5) is 5.69 Å². The number of rotatable bonds is 2. The van der Waals surface area contributed by atoms with Gasteiger partial charge in [-0.05, 0) is 47.1 Å². The highest BCUT2D eigenvalue weighted by Crippen LogP contribution is 2.26. The number of para-hydroxylation sites is 1. The number of nitrogens with zero attached hydrogens (tertiary/aromatic N) is 2. The zero-order valence-corrected chi connectivity index (χ0v) is 14.2. The number of hydrogen-bond donors (Lipinski definition) is 0. The van der Waals surface area contributed by atoms with E-state index in [-0.39, 0.29) is 5.91 Å². The van der Waals surface area contributed by atoms with Crippen molar-refractivity contribution in [3.8, 4) is 0 Å². The molecule has 0 radical (unpaired) electrons. The third kappa shape index (κ3) is 3.17. The first kappa shape index (κ1) is 15.1. The lowest BCUT2D eigenvalue weighted by molar-refractivity contribution is 0.0746. The monoisotopic (exact) mass is 358 g/mol. The van der Waals surface area contributed by atoms with E-state index in [1.54, 1.807) is 0 Å². The largest absolute Gasteiger partial charge is 0.367 e. The average Bonchev–Trinajstić information content (AvgIpc) is 2.55. The molecule has 0 aromatic heterocycles. The third-order valence-corrected chi connectivity index (χ3v) is 4.70. The molecule has 1 aliphatic heterocycles. The molecule has 0 aliphatic carbocycles. The fourth-order valence-electron chi connectivity index (χ4n) is 2.82. The van der Waals surface area contributed by atoms with Gasteiger partial charge in [0, 0.05) is 36.2 Å². The van der Waals surface area contributed by atoms with E-state index in [0.29, 0.717) is 0 Å². The zero-order valence-electron chi connectivity index (χ0n) is 12.6. The van der Waals surface area contributed by atoms with Gasteiger partial charge in [0.2, 0.25) is 0 Å². The normalized spacial score (nSPS) is 15.0. The lowest BCUT2D eigenvalue weighted by Gasteiger charge is -2.36. The maximum Gasteiger partial charge on any atom is 0.253 e. The standard InChI is InChI=1S/C18H19BrN2O/c1-14-5-4-6-15(13-14)18(22)21-11-9-20(10-12-21)17-8-3-2-7-16(17)19/h2-8,13H,9-12H2,1H3. The van der Waals surface area contributed by atoms with Crippen LogP contribution in [0.15, 0.2) is 53.0 Å². The summed E-state index contributed by atoms with van der Waals surface area (Å²) in [6.45, 7) is 5.25. The van der Waals surface area contributed by atoms with Gasteiger partial charge in [-0.25, -0.2) is 0 Å². The van der Waals surface area contributed by atoms with E-state index in [0.717, 1.165) is 41.8 Å². The summed E-state index contributed by atoms with van der Waals surface area (Å²) >= 11 is 3.60. The van der Waals surface area contributed by atoms with Gasteiger partial charge in [-0.15, -0.1) is 0 Å². The first-order chi connectivity index (χ1) is 10.6. The van der Waals surface area contributed by atoms with E-state index in [1.807, 2.05) is 48.2 Å². The Hall–Kier alpha value is -1.81. The van der Waals surface area contributed by atoms with E-state index in [2.05, 4.69) is 33.0 Å². The number of carbonyl (C=O) groups excluding carboxylic acids is 1. The summed E-state index contributed by atoms with van der Waals surface area (Å²) < 4.78 is 1.11. The van der Waals surface area contributed by atoms with Gasteiger partial charge < -0.3 is 9.80 Å². The second-order valence-electron chi connectivity index (χ2n) is 5.60. The molecule has 0 saturated carbocycles. The van der Waals surface area contributed by atoms with Gasteiger partial charge in [0.15, 0.2) is 0 Å². The minimum Gasteiger partial charge on any atom is -0.367 e. The molecule has 0 N–H and O–H groups in total. The SMILES string of the molecule is Cc1cccc(C(=O)N2CCN(c3ccccc3Br)CC2)c1. The Morgan fingerprint density at radius 2 is 1.73 bits per heavy atom. The van der Waals surface area contributed by atoms with Crippen molar-refractivity contribution in [2.24, 2.45) is 0 Å².